The molecule has 120 valence electrons. The molecule has 2 aromatic rings. The van der Waals surface area contributed by atoms with Gasteiger partial charge in [-0.25, -0.2) is 0 Å². The van der Waals surface area contributed by atoms with E-state index in [0.29, 0.717) is 11.6 Å². The molecule has 0 saturated carbocycles. The molecule has 0 unspecified atom stereocenters. The van der Waals surface area contributed by atoms with E-state index < -0.39 is 0 Å². The van der Waals surface area contributed by atoms with Crippen molar-refractivity contribution < 1.29 is 9.32 Å². The summed E-state index contributed by atoms with van der Waals surface area (Å²) in [4.78, 5) is 14.5. The van der Waals surface area contributed by atoms with E-state index in [2.05, 4.69) is 45.7 Å². The minimum Gasteiger partial charge on any atom is -0.360 e. The minimum atomic E-state index is -0.208. The number of benzene rings is 1. The number of rotatable bonds is 4. The molecule has 0 aliphatic carbocycles. The molecule has 0 bridgehead atoms. The number of carbonyl (C=O) groups excluding carboxylic acids is 1. The van der Waals surface area contributed by atoms with Crippen molar-refractivity contribution in [1.82, 2.24) is 10.1 Å². The molecule has 2 heterocycles. The van der Waals surface area contributed by atoms with Crippen LogP contribution in [-0.2, 0) is 4.79 Å². The smallest absolute Gasteiger partial charge is 0.242 e. The molecule has 5 heteroatoms. The molecule has 1 N–H and O–H groups in total. The van der Waals surface area contributed by atoms with Crippen LogP contribution in [0.3, 0.4) is 0 Å². The fourth-order valence-electron chi connectivity index (χ4n) is 2.77. The maximum Gasteiger partial charge on any atom is 0.242 e. The van der Waals surface area contributed by atoms with Crippen LogP contribution in [0.25, 0.3) is 5.57 Å². The molecule has 5 nitrogen and oxygen atoms in total. The van der Waals surface area contributed by atoms with Crippen molar-refractivity contribution in [2.75, 3.05) is 18.4 Å². The average Bonchev–Trinajstić information content (AvgIpc) is 3.00. The zero-order valence-electron chi connectivity index (χ0n) is 13.5. The number of hydrogen-bond donors (Lipinski definition) is 1. The first-order chi connectivity index (χ1) is 11.1. The van der Waals surface area contributed by atoms with Crippen LogP contribution >= 0.6 is 0 Å². The predicted molar refractivity (Wildman–Crippen MR) is 89.9 cm³/mol. The summed E-state index contributed by atoms with van der Waals surface area (Å²) in [6.07, 6.45) is 3.16. The van der Waals surface area contributed by atoms with Crippen molar-refractivity contribution in [2.45, 2.75) is 26.3 Å². The molecule has 3 rings (SSSR count). The maximum atomic E-state index is 12.3. The summed E-state index contributed by atoms with van der Waals surface area (Å²) in [5.41, 5.74) is 2.61. The molecular weight excluding hydrogens is 290 g/mol. The van der Waals surface area contributed by atoms with Crippen LogP contribution in [0, 0.1) is 6.92 Å². The van der Waals surface area contributed by atoms with Crippen LogP contribution in [0.1, 0.15) is 24.7 Å². The van der Waals surface area contributed by atoms with E-state index in [1.165, 1.54) is 11.1 Å². The Kier molecular flexibility index (Phi) is 4.57. The molecule has 0 radical (unpaired) electrons. The number of amides is 1. The topological polar surface area (TPSA) is 58.4 Å². The quantitative estimate of drug-likeness (QED) is 0.942. The van der Waals surface area contributed by atoms with Gasteiger partial charge in [0, 0.05) is 19.2 Å². The molecule has 1 aromatic carbocycles. The Labute approximate surface area is 136 Å². The summed E-state index contributed by atoms with van der Waals surface area (Å²) < 4.78 is 4.97. The normalized spacial score (nSPS) is 16.7. The van der Waals surface area contributed by atoms with Crippen molar-refractivity contribution in [3.63, 3.8) is 0 Å². The van der Waals surface area contributed by atoms with Gasteiger partial charge >= 0.3 is 0 Å². The number of aromatic nitrogens is 1. The Hall–Kier alpha value is -2.40. The Morgan fingerprint density at radius 2 is 2.13 bits per heavy atom. The second-order valence-electron chi connectivity index (χ2n) is 5.83. The Morgan fingerprint density at radius 3 is 2.74 bits per heavy atom. The highest BCUT2D eigenvalue weighted by atomic mass is 16.5. The van der Waals surface area contributed by atoms with Gasteiger partial charge in [-0.15, -0.1) is 0 Å². The van der Waals surface area contributed by atoms with E-state index in [4.69, 9.17) is 4.52 Å². The van der Waals surface area contributed by atoms with Crippen LogP contribution < -0.4 is 5.32 Å². The lowest BCUT2D eigenvalue weighted by Crippen LogP contribution is -2.44. The lowest BCUT2D eigenvalue weighted by Gasteiger charge is -2.30. The fourth-order valence-corrected chi connectivity index (χ4v) is 2.77. The van der Waals surface area contributed by atoms with Crippen LogP contribution in [0.15, 0.2) is 47.0 Å². The maximum absolute atomic E-state index is 12.3. The van der Waals surface area contributed by atoms with E-state index >= 15 is 0 Å². The minimum absolute atomic E-state index is 0.0603. The fraction of sp³-hybridized carbons (Fsp3) is 0.333. The van der Waals surface area contributed by atoms with Gasteiger partial charge in [0.1, 0.15) is 5.76 Å². The lowest BCUT2D eigenvalue weighted by atomic mass is 9.99. The van der Waals surface area contributed by atoms with Crippen LogP contribution in [-0.4, -0.2) is 35.1 Å². The highest BCUT2D eigenvalue weighted by molar-refractivity contribution is 5.93. The number of nitrogens with one attached hydrogen (secondary N) is 1. The largest absolute Gasteiger partial charge is 0.360 e. The summed E-state index contributed by atoms with van der Waals surface area (Å²) in [5, 5.41) is 6.59. The molecular formula is C18H21N3O2. The van der Waals surface area contributed by atoms with Crippen molar-refractivity contribution in [1.29, 1.82) is 0 Å². The zero-order valence-corrected chi connectivity index (χ0v) is 13.5. The van der Waals surface area contributed by atoms with Gasteiger partial charge in [0.15, 0.2) is 5.82 Å². The third-order valence-corrected chi connectivity index (χ3v) is 4.19. The van der Waals surface area contributed by atoms with Crippen molar-refractivity contribution >= 4 is 17.3 Å². The monoisotopic (exact) mass is 311 g/mol. The van der Waals surface area contributed by atoms with Crippen LogP contribution in [0.2, 0.25) is 0 Å². The third kappa shape index (κ3) is 3.68. The summed E-state index contributed by atoms with van der Waals surface area (Å²) >= 11 is 0. The molecule has 0 fully saturated rings. The number of anilines is 1. The first-order valence-electron chi connectivity index (χ1n) is 7.86. The van der Waals surface area contributed by atoms with Gasteiger partial charge < -0.3 is 9.84 Å². The molecule has 0 saturated heterocycles. The second kappa shape index (κ2) is 6.79. The van der Waals surface area contributed by atoms with E-state index in [9.17, 15) is 4.79 Å². The zero-order chi connectivity index (χ0) is 16.2. The number of carbonyl (C=O) groups is 1. The van der Waals surface area contributed by atoms with Gasteiger partial charge in [0.25, 0.3) is 0 Å². The van der Waals surface area contributed by atoms with Crippen molar-refractivity contribution in [3.8, 4) is 0 Å². The summed E-state index contributed by atoms with van der Waals surface area (Å²) in [7, 11) is 0. The van der Waals surface area contributed by atoms with Gasteiger partial charge in [-0.2, -0.15) is 0 Å². The molecule has 1 aromatic heterocycles. The second-order valence-corrected chi connectivity index (χ2v) is 5.83. The van der Waals surface area contributed by atoms with Gasteiger partial charge in [-0.05, 0) is 31.4 Å². The molecule has 23 heavy (non-hydrogen) atoms. The standard InChI is InChI=1S/C18H21N3O2/c1-13-12-17(20-23-13)19-18(22)14(2)21-10-8-16(9-11-21)15-6-4-3-5-7-15/h3-8,12,14H,9-11H2,1-2H3,(H,19,20,22)/t14-/m0/s1. The summed E-state index contributed by atoms with van der Waals surface area (Å²) in [6, 6.07) is 11.9. The first-order valence-corrected chi connectivity index (χ1v) is 7.86. The van der Waals surface area contributed by atoms with Gasteiger partial charge in [-0.1, -0.05) is 41.6 Å². The summed E-state index contributed by atoms with van der Waals surface area (Å²) in [6.45, 7) is 5.36. The van der Waals surface area contributed by atoms with E-state index in [1.807, 2.05) is 13.0 Å². The molecule has 1 atom stereocenters. The molecule has 1 aliphatic heterocycles. The summed E-state index contributed by atoms with van der Waals surface area (Å²) in [5.74, 6) is 1.09. The number of aryl methyl sites for hydroxylation is 1. The highest BCUT2D eigenvalue weighted by Crippen LogP contribution is 2.23. The van der Waals surface area contributed by atoms with Crippen molar-refractivity contribution in [2.24, 2.45) is 0 Å². The van der Waals surface area contributed by atoms with Gasteiger partial charge in [0.05, 0.1) is 6.04 Å². The third-order valence-electron chi connectivity index (χ3n) is 4.19. The molecule has 1 amide bonds. The average molecular weight is 311 g/mol. The molecule has 1 aliphatic rings. The molecule has 0 spiro atoms. The lowest BCUT2D eigenvalue weighted by molar-refractivity contribution is -0.120. The first kappa shape index (κ1) is 15.5. The van der Waals surface area contributed by atoms with E-state index in [0.717, 1.165) is 19.5 Å². The Morgan fingerprint density at radius 1 is 1.35 bits per heavy atom. The van der Waals surface area contributed by atoms with E-state index in [-0.39, 0.29) is 11.9 Å². The van der Waals surface area contributed by atoms with Gasteiger partial charge in [0.2, 0.25) is 5.91 Å². The number of nitrogens with zero attached hydrogens (tertiary/aromatic N) is 2. The Bertz CT molecular complexity index is 706. The Balaban J connectivity index is 1.60. The van der Waals surface area contributed by atoms with E-state index in [1.54, 1.807) is 13.0 Å². The van der Waals surface area contributed by atoms with Crippen molar-refractivity contribution in [3.05, 3.63) is 53.8 Å². The highest BCUT2D eigenvalue weighted by Gasteiger charge is 2.24. The van der Waals surface area contributed by atoms with Crippen LogP contribution in [0.4, 0.5) is 5.82 Å². The predicted octanol–water partition coefficient (Wildman–Crippen LogP) is 3.10. The van der Waals surface area contributed by atoms with Crippen LogP contribution in [0.5, 0.6) is 0 Å². The van der Waals surface area contributed by atoms with Gasteiger partial charge in [-0.3, -0.25) is 9.69 Å². The number of hydrogen-bond acceptors (Lipinski definition) is 4. The SMILES string of the molecule is Cc1cc(NC(=O)[C@H](C)N2CC=C(c3ccccc3)CC2)no1.